The number of ether oxygens (including phenoxy) is 2. The molecule has 0 radical (unpaired) electrons. The largest absolute Gasteiger partial charge is 0.493 e. The average Bonchev–Trinajstić information content (AvgIpc) is 3.27. The van der Waals surface area contributed by atoms with Gasteiger partial charge in [-0.25, -0.2) is 0 Å². The van der Waals surface area contributed by atoms with Crippen LogP contribution in [0.4, 0.5) is 5.69 Å². The molecule has 2 aromatic rings. The maximum Gasteiger partial charge on any atom is 0.255 e. The highest BCUT2D eigenvalue weighted by atomic mass is 16.5. The number of nitrogens with one attached hydrogen (secondary N) is 1. The van der Waals surface area contributed by atoms with Crippen LogP contribution >= 0.6 is 0 Å². The number of amides is 2. The summed E-state index contributed by atoms with van der Waals surface area (Å²) in [6.45, 7) is 1.56. The van der Waals surface area contributed by atoms with Gasteiger partial charge in [0.25, 0.3) is 5.91 Å². The van der Waals surface area contributed by atoms with E-state index in [0.29, 0.717) is 35.6 Å². The van der Waals surface area contributed by atoms with E-state index >= 15 is 0 Å². The molecule has 1 fully saturated rings. The van der Waals surface area contributed by atoms with Crippen molar-refractivity contribution >= 4 is 17.5 Å². The number of rotatable bonds is 7. The zero-order chi connectivity index (χ0) is 19.9. The lowest BCUT2D eigenvalue weighted by Crippen LogP contribution is -2.28. The first-order chi connectivity index (χ1) is 13.6. The lowest BCUT2D eigenvalue weighted by molar-refractivity contribution is -0.116. The number of aryl methyl sites for hydroxylation is 1. The molecule has 0 aromatic heterocycles. The molecule has 3 rings (SSSR count). The minimum atomic E-state index is -0.128. The molecule has 2 amide bonds. The molecular formula is C22H26N2O4. The van der Waals surface area contributed by atoms with Crippen LogP contribution in [0.2, 0.25) is 0 Å². The summed E-state index contributed by atoms with van der Waals surface area (Å²) in [4.78, 5) is 27.0. The van der Waals surface area contributed by atoms with Gasteiger partial charge in [0.1, 0.15) is 0 Å². The van der Waals surface area contributed by atoms with Crippen LogP contribution in [0.3, 0.4) is 0 Å². The molecule has 1 heterocycles. The van der Waals surface area contributed by atoms with Crippen molar-refractivity contribution in [1.29, 1.82) is 0 Å². The van der Waals surface area contributed by atoms with Crippen molar-refractivity contribution in [2.24, 2.45) is 0 Å². The van der Waals surface area contributed by atoms with Gasteiger partial charge in [-0.15, -0.1) is 0 Å². The quantitative estimate of drug-likeness (QED) is 0.796. The second-order valence-corrected chi connectivity index (χ2v) is 6.78. The van der Waals surface area contributed by atoms with Crippen LogP contribution in [0.25, 0.3) is 0 Å². The summed E-state index contributed by atoms with van der Waals surface area (Å²) in [5.41, 5.74) is 2.09. The number of hydrogen-bond donors (Lipinski definition) is 1. The van der Waals surface area contributed by atoms with Gasteiger partial charge in [-0.3, -0.25) is 9.59 Å². The zero-order valence-electron chi connectivity index (χ0n) is 16.4. The maximum absolute atomic E-state index is 12.7. The molecule has 1 N–H and O–H groups in total. The SMILES string of the molecule is COc1ccc(CCC(=O)Nc2ccccc2C(=O)N2CCCC2)cc1OC. The molecule has 0 atom stereocenters. The first-order valence-corrected chi connectivity index (χ1v) is 9.51. The Kier molecular flexibility index (Phi) is 6.53. The fourth-order valence-corrected chi connectivity index (χ4v) is 3.38. The Labute approximate surface area is 165 Å². The van der Waals surface area contributed by atoms with Crippen LogP contribution in [0.1, 0.15) is 35.2 Å². The van der Waals surface area contributed by atoms with Gasteiger partial charge in [0, 0.05) is 19.5 Å². The highest BCUT2D eigenvalue weighted by Crippen LogP contribution is 2.28. The highest BCUT2D eigenvalue weighted by Gasteiger charge is 2.22. The molecule has 1 aliphatic heterocycles. The third kappa shape index (κ3) is 4.63. The Morgan fingerprint density at radius 3 is 2.43 bits per heavy atom. The lowest BCUT2D eigenvalue weighted by Gasteiger charge is -2.18. The molecule has 0 saturated carbocycles. The fraction of sp³-hybridized carbons (Fsp3) is 0.364. The van der Waals surface area contributed by atoms with E-state index in [2.05, 4.69) is 5.32 Å². The van der Waals surface area contributed by atoms with E-state index in [1.165, 1.54) is 0 Å². The van der Waals surface area contributed by atoms with Gasteiger partial charge in [0.2, 0.25) is 5.91 Å². The molecule has 0 aliphatic carbocycles. The molecule has 28 heavy (non-hydrogen) atoms. The van der Waals surface area contributed by atoms with Gasteiger partial charge in [0.15, 0.2) is 11.5 Å². The number of benzene rings is 2. The monoisotopic (exact) mass is 382 g/mol. The Balaban J connectivity index is 1.63. The summed E-state index contributed by atoms with van der Waals surface area (Å²) in [7, 11) is 3.18. The summed E-state index contributed by atoms with van der Waals surface area (Å²) in [5.74, 6) is 1.15. The molecular weight excluding hydrogens is 356 g/mol. The Morgan fingerprint density at radius 2 is 1.71 bits per heavy atom. The van der Waals surface area contributed by atoms with Gasteiger partial charge in [-0.05, 0) is 49.1 Å². The number of carbonyl (C=O) groups is 2. The molecule has 1 saturated heterocycles. The normalized spacial score (nSPS) is 13.3. The molecule has 0 spiro atoms. The van der Waals surface area contributed by atoms with Gasteiger partial charge < -0.3 is 19.7 Å². The summed E-state index contributed by atoms with van der Waals surface area (Å²) < 4.78 is 10.5. The van der Waals surface area contributed by atoms with Crippen LogP contribution in [0.15, 0.2) is 42.5 Å². The highest BCUT2D eigenvalue weighted by molar-refractivity contribution is 6.03. The second-order valence-electron chi connectivity index (χ2n) is 6.78. The molecule has 2 aromatic carbocycles. The number of carbonyl (C=O) groups excluding carboxylic acids is 2. The maximum atomic E-state index is 12.7. The summed E-state index contributed by atoms with van der Waals surface area (Å²) in [6, 6.07) is 12.8. The minimum Gasteiger partial charge on any atom is -0.493 e. The van der Waals surface area contributed by atoms with Gasteiger partial charge >= 0.3 is 0 Å². The number of methoxy groups -OCH3 is 2. The molecule has 1 aliphatic rings. The van der Waals surface area contributed by atoms with Crippen molar-refractivity contribution in [1.82, 2.24) is 4.90 Å². The summed E-state index contributed by atoms with van der Waals surface area (Å²) >= 11 is 0. The van der Waals surface area contributed by atoms with E-state index in [9.17, 15) is 9.59 Å². The summed E-state index contributed by atoms with van der Waals surface area (Å²) in [6.07, 6.45) is 2.94. The van der Waals surface area contributed by atoms with Crippen LogP contribution in [-0.4, -0.2) is 44.0 Å². The number of hydrogen-bond acceptors (Lipinski definition) is 4. The van der Waals surface area contributed by atoms with E-state index in [1.54, 1.807) is 26.4 Å². The summed E-state index contributed by atoms with van der Waals surface area (Å²) in [5, 5.41) is 2.89. The first kappa shape index (κ1) is 19.7. The minimum absolute atomic E-state index is 0.0201. The predicted octanol–water partition coefficient (Wildman–Crippen LogP) is 3.51. The van der Waals surface area contributed by atoms with Crippen molar-refractivity contribution in [2.45, 2.75) is 25.7 Å². The van der Waals surface area contributed by atoms with Crippen molar-refractivity contribution in [3.05, 3.63) is 53.6 Å². The van der Waals surface area contributed by atoms with Crippen molar-refractivity contribution < 1.29 is 19.1 Å². The van der Waals surface area contributed by atoms with Gasteiger partial charge in [-0.2, -0.15) is 0 Å². The average molecular weight is 382 g/mol. The van der Waals surface area contributed by atoms with E-state index in [1.807, 2.05) is 35.2 Å². The van der Waals surface area contributed by atoms with E-state index in [0.717, 1.165) is 31.5 Å². The number of nitrogens with zero attached hydrogens (tertiary/aromatic N) is 1. The second kappa shape index (κ2) is 9.26. The fourth-order valence-electron chi connectivity index (χ4n) is 3.38. The lowest BCUT2D eigenvalue weighted by atomic mass is 10.1. The zero-order valence-corrected chi connectivity index (χ0v) is 16.4. The van der Waals surface area contributed by atoms with Crippen molar-refractivity contribution in [2.75, 3.05) is 32.6 Å². The third-order valence-corrected chi connectivity index (χ3v) is 4.91. The van der Waals surface area contributed by atoms with Gasteiger partial charge in [-0.1, -0.05) is 18.2 Å². The molecule has 0 unspecified atom stereocenters. The van der Waals surface area contributed by atoms with Crippen molar-refractivity contribution in [3.63, 3.8) is 0 Å². The predicted molar refractivity (Wildman–Crippen MR) is 108 cm³/mol. The van der Waals surface area contributed by atoms with Crippen LogP contribution in [-0.2, 0) is 11.2 Å². The Bertz CT molecular complexity index is 844. The van der Waals surface area contributed by atoms with Crippen LogP contribution in [0.5, 0.6) is 11.5 Å². The first-order valence-electron chi connectivity index (χ1n) is 9.51. The standard InChI is InChI=1S/C22H26N2O4/c1-27-19-11-9-16(15-20(19)28-2)10-12-21(25)23-18-8-4-3-7-17(18)22(26)24-13-5-6-14-24/h3-4,7-9,11,15H,5-6,10,12-14H2,1-2H3,(H,23,25). The Morgan fingerprint density at radius 1 is 1.00 bits per heavy atom. The van der Waals surface area contributed by atoms with Crippen LogP contribution in [0, 0.1) is 0 Å². The molecule has 148 valence electrons. The number of likely N-dealkylation sites (tertiary alicyclic amines) is 1. The smallest absolute Gasteiger partial charge is 0.255 e. The molecule has 0 bridgehead atoms. The van der Waals surface area contributed by atoms with Gasteiger partial charge in [0.05, 0.1) is 25.5 Å². The Hall–Kier alpha value is -3.02. The molecule has 6 nitrogen and oxygen atoms in total. The number of anilines is 1. The van der Waals surface area contributed by atoms with E-state index < -0.39 is 0 Å². The number of para-hydroxylation sites is 1. The topological polar surface area (TPSA) is 67.9 Å². The third-order valence-electron chi connectivity index (χ3n) is 4.91. The van der Waals surface area contributed by atoms with Crippen LogP contribution < -0.4 is 14.8 Å². The van der Waals surface area contributed by atoms with E-state index in [4.69, 9.17) is 9.47 Å². The van der Waals surface area contributed by atoms with E-state index in [-0.39, 0.29) is 11.8 Å². The molecule has 6 heteroatoms. The van der Waals surface area contributed by atoms with Crippen molar-refractivity contribution in [3.8, 4) is 11.5 Å².